The molecule has 0 aliphatic heterocycles. The predicted molar refractivity (Wildman–Crippen MR) is 78.8 cm³/mol. The molecule has 1 aromatic heterocycles. The van der Waals surface area contributed by atoms with Crippen molar-refractivity contribution in [2.45, 2.75) is 13.5 Å². The summed E-state index contributed by atoms with van der Waals surface area (Å²) in [6.45, 7) is 2.37. The van der Waals surface area contributed by atoms with E-state index in [0.717, 1.165) is 16.3 Å². The van der Waals surface area contributed by atoms with E-state index in [1.807, 2.05) is 12.3 Å². The van der Waals surface area contributed by atoms with Crippen molar-refractivity contribution >= 4 is 23.3 Å². The van der Waals surface area contributed by atoms with Crippen LogP contribution in [0.25, 0.3) is 6.08 Å². The first-order chi connectivity index (χ1) is 9.54. The second kappa shape index (κ2) is 6.43. The quantitative estimate of drug-likeness (QED) is 0.810. The lowest BCUT2D eigenvalue weighted by Crippen LogP contribution is -2.24. The van der Waals surface area contributed by atoms with Crippen LogP contribution < -0.4 is 0 Å². The second-order valence-electron chi connectivity index (χ2n) is 4.45. The highest BCUT2D eigenvalue weighted by molar-refractivity contribution is 7.09. The molecule has 1 heterocycles. The average Bonchev–Trinajstić information content (AvgIpc) is 2.84. The Labute approximate surface area is 121 Å². The molecule has 5 heteroatoms. The van der Waals surface area contributed by atoms with E-state index >= 15 is 0 Å². The molecule has 2 rings (SSSR count). The van der Waals surface area contributed by atoms with Gasteiger partial charge in [-0.1, -0.05) is 12.1 Å². The van der Waals surface area contributed by atoms with Crippen molar-refractivity contribution in [2.24, 2.45) is 0 Å². The summed E-state index contributed by atoms with van der Waals surface area (Å²) < 4.78 is 12.8. The molecule has 0 saturated heterocycles. The number of carbonyl (C=O) groups excluding carboxylic acids is 1. The Bertz CT molecular complexity index is 619. The number of amides is 1. The third kappa shape index (κ3) is 3.99. The van der Waals surface area contributed by atoms with Gasteiger partial charge in [0.25, 0.3) is 0 Å². The Balaban J connectivity index is 1.95. The lowest BCUT2D eigenvalue weighted by atomic mass is 10.2. The zero-order valence-corrected chi connectivity index (χ0v) is 12.2. The van der Waals surface area contributed by atoms with Crippen molar-refractivity contribution in [1.29, 1.82) is 0 Å². The summed E-state index contributed by atoms with van der Waals surface area (Å²) in [5.74, 6) is -0.387. The summed E-state index contributed by atoms with van der Waals surface area (Å²) in [4.78, 5) is 17.8. The van der Waals surface area contributed by atoms with Gasteiger partial charge in [-0.3, -0.25) is 4.79 Å². The Morgan fingerprint density at radius 3 is 2.70 bits per heavy atom. The molecule has 0 atom stereocenters. The second-order valence-corrected chi connectivity index (χ2v) is 5.51. The number of carbonyl (C=O) groups is 1. The zero-order valence-electron chi connectivity index (χ0n) is 11.3. The molecule has 0 saturated carbocycles. The first kappa shape index (κ1) is 14.4. The van der Waals surface area contributed by atoms with Gasteiger partial charge in [0.2, 0.25) is 5.91 Å². The van der Waals surface area contributed by atoms with Crippen molar-refractivity contribution in [2.75, 3.05) is 7.05 Å². The minimum Gasteiger partial charge on any atom is -0.338 e. The Kier molecular flexibility index (Phi) is 4.63. The van der Waals surface area contributed by atoms with Gasteiger partial charge in [0, 0.05) is 25.0 Å². The normalized spacial score (nSPS) is 10.9. The number of halogens is 1. The molecule has 1 amide bonds. The van der Waals surface area contributed by atoms with E-state index in [4.69, 9.17) is 0 Å². The van der Waals surface area contributed by atoms with E-state index in [1.54, 1.807) is 41.5 Å². The SMILES string of the molecule is Cc1nc(/C=C/C(=O)N(C)Cc2ccc(F)cc2)cs1. The number of thiazole rings is 1. The Morgan fingerprint density at radius 1 is 1.40 bits per heavy atom. The standard InChI is InChI=1S/C15H15FN2OS/c1-11-17-14(10-20-11)7-8-15(19)18(2)9-12-3-5-13(16)6-4-12/h3-8,10H,9H2,1-2H3/b8-7+. The number of nitrogens with zero attached hydrogens (tertiary/aromatic N) is 2. The molecule has 2 aromatic rings. The maximum Gasteiger partial charge on any atom is 0.246 e. The third-order valence-electron chi connectivity index (χ3n) is 2.74. The monoisotopic (exact) mass is 290 g/mol. The van der Waals surface area contributed by atoms with Gasteiger partial charge in [0.1, 0.15) is 5.82 Å². The van der Waals surface area contributed by atoms with Gasteiger partial charge in [0.05, 0.1) is 10.7 Å². The summed E-state index contributed by atoms with van der Waals surface area (Å²) in [5.41, 5.74) is 1.68. The molecule has 0 aliphatic carbocycles. The summed E-state index contributed by atoms with van der Waals surface area (Å²) in [6.07, 6.45) is 3.20. The van der Waals surface area contributed by atoms with Gasteiger partial charge in [-0.15, -0.1) is 11.3 Å². The molecule has 0 unspecified atom stereocenters. The molecule has 0 fully saturated rings. The maximum atomic E-state index is 12.8. The number of aryl methyl sites for hydroxylation is 1. The summed E-state index contributed by atoms with van der Waals surface area (Å²) in [6, 6.07) is 6.13. The maximum absolute atomic E-state index is 12.8. The van der Waals surface area contributed by atoms with E-state index in [-0.39, 0.29) is 11.7 Å². The molecule has 104 valence electrons. The molecule has 0 spiro atoms. The van der Waals surface area contributed by atoms with E-state index < -0.39 is 0 Å². The molecular weight excluding hydrogens is 275 g/mol. The molecule has 0 radical (unpaired) electrons. The van der Waals surface area contributed by atoms with Gasteiger partial charge in [-0.2, -0.15) is 0 Å². The van der Waals surface area contributed by atoms with Crippen LogP contribution in [0.15, 0.2) is 35.7 Å². The molecule has 0 bridgehead atoms. The van der Waals surface area contributed by atoms with Crippen LogP contribution in [0.2, 0.25) is 0 Å². The molecule has 3 nitrogen and oxygen atoms in total. The third-order valence-corrected chi connectivity index (χ3v) is 3.53. The van der Waals surface area contributed by atoms with Gasteiger partial charge in [-0.25, -0.2) is 9.37 Å². The van der Waals surface area contributed by atoms with Crippen LogP contribution >= 0.6 is 11.3 Å². The Morgan fingerprint density at radius 2 is 2.10 bits per heavy atom. The highest BCUT2D eigenvalue weighted by Gasteiger charge is 2.06. The van der Waals surface area contributed by atoms with Gasteiger partial charge >= 0.3 is 0 Å². The van der Waals surface area contributed by atoms with Crippen LogP contribution in [-0.4, -0.2) is 22.8 Å². The fourth-order valence-electron chi connectivity index (χ4n) is 1.68. The van der Waals surface area contributed by atoms with E-state index in [1.165, 1.54) is 18.2 Å². The summed E-state index contributed by atoms with van der Waals surface area (Å²) in [5, 5.41) is 2.87. The molecule has 0 N–H and O–H groups in total. The number of rotatable bonds is 4. The number of likely N-dealkylation sites (N-methyl/N-ethyl adjacent to an activating group) is 1. The fourth-order valence-corrected chi connectivity index (χ4v) is 2.26. The van der Waals surface area contributed by atoms with E-state index in [9.17, 15) is 9.18 Å². The van der Waals surface area contributed by atoms with Crippen LogP contribution in [0.1, 0.15) is 16.3 Å². The van der Waals surface area contributed by atoms with Crippen molar-refractivity contribution < 1.29 is 9.18 Å². The molecule has 20 heavy (non-hydrogen) atoms. The number of aromatic nitrogens is 1. The Hall–Kier alpha value is -2.01. The van der Waals surface area contributed by atoms with Crippen molar-refractivity contribution in [3.8, 4) is 0 Å². The first-order valence-electron chi connectivity index (χ1n) is 6.14. The molecule has 1 aromatic carbocycles. The van der Waals surface area contributed by atoms with Gasteiger partial charge < -0.3 is 4.90 Å². The fraction of sp³-hybridized carbons (Fsp3) is 0.200. The van der Waals surface area contributed by atoms with Crippen molar-refractivity contribution in [3.63, 3.8) is 0 Å². The van der Waals surface area contributed by atoms with Gasteiger partial charge in [0.15, 0.2) is 0 Å². The minimum atomic E-state index is -0.276. The van der Waals surface area contributed by atoms with Crippen LogP contribution in [0.5, 0.6) is 0 Å². The van der Waals surface area contributed by atoms with Crippen LogP contribution in [0.4, 0.5) is 4.39 Å². The van der Waals surface area contributed by atoms with Crippen molar-refractivity contribution in [1.82, 2.24) is 9.88 Å². The van der Waals surface area contributed by atoms with E-state index in [2.05, 4.69) is 4.98 Å². The zero-order chi connectivity index (χ0) is 14.5. The average molecular weight is 290 g/mol. The van der Waals surface area contributed by atoms with Gasteiger partial charge in [-0.05, 0) is 30.7 Å². The predicted octanol–water partition coefficient (Wildman–Crippen LogP) is 3.26. The topological polar surface area (TPSA) is 33.2 Å². The first-order valence-corrected chi connectivity index (χ1v) is 7.02. The van der Waals surface area contributed by atoms with Crippen LogP contribution in [0, 0.1) is 12.7 Å². The lowest BCUT2D eigenvalue weighted by Gasteiger charge is -2.14. The summed E-state index contributed by atoms with van der Waals surface area (Å²) >= 11 is 1.55. The minimum absolute atomic E-state index is 0.111. The highest BCUT2D eigenvalue weighted by Crippen LogP contribution is 2.10. The smallest absolute Gasteiger partial charge is 0.246 e. The van der Waals surface area contributed by atoms with E-state index in [0.29, 0.717) is 6.54 Å². The number of benzene rings is 1. The number of hydrogen-bond donors (Lipinski definition) is 0. The van der Waals surface area contributed by atoms with Crippen LogP contribution in [-0.2, 0) is 11.3 Å². The summed E-state index contributed by atoms with van der Waals surface area (Å²) in [7, 11) is 1.71. The van der Waals surface area contributed by atoms with Crippen molar-refractivity contribution in [3.05, 3.63) is 57.8 Å². The molecular formula is C15H15FN2OS. The highest BCUT2D eigenvalue weighted by atomic mass is 32.1. The lowest BCUT2D eigenvalue weighted by molar-refractivity contribution is -0.125. The largest absolute Gasteiger partial charge is 0.338 e. The molecule has 0 aliphatic rings. The number of hydrogen-bond acceptors (Lipinski definition) is 3. The van der Waals surface area contributed by atoms with Crippen LogP contribution in [0.3, 0.4) is 0 Å².